The standard InChI is InChI=1S/C15H21N/c1-10(2)12-8-11-6-7-14(15(3,4)5)16-13(11)9-12/h6-8,10H,9H2,1-5H3. The van der Waals surface area contributed by atoms with Gasteiger partial charge in [0.25, 0.3) is 0 Å². The van der Waals surface area contributed by atoms with Crippen molar-refractivity contribution in [2.75, 3.05) is 0 Å². The Morgan fingerprint density at radius 2 is 1.88 bits per heavy atom. The van der Waals surface area contributed by atoms with Crippen molar-refractivity contribution in [2.45, 2.75) is 46.5 Å². The molecule has 1 aromatic heterocycles. The molecule has 1 aliphatic carbocycles. The van der Waals surface area contributed by atoms with Crippen LogP contribution < -0.4 is 0 Å². The molecule has 0 unspecified atom stereocenters. The van der Waals surface area contributed by atoms with Gasteiger partial charge in [0.05, 0.1) is 5.69 Å². The van der Waals surface area contributed by atoms with E-state index in [0.29, 0.717) is 5.92 Å². The molecule has 1 nitrogen and oxygen atoms in total. The van der Waals surface area contributed by atoms with Crippen LogP contribution in [0.25, 0.3) is 6.08 Å². The van der Waals surface area contributed by atoms with E-state index in [4.69, 9.17) is 4.98 Å². The average Bonchev–Trinajstić information content (AvgIpc) is 2.58. The van der Waals surface area contributed by atoms with Crippen LogP contribution >= 0.6 is 0 Å². The second kappa shape index (κ2) is 3.73. The van der Waals surface area contributed by atoms with Crippen LogP contribution in [0.3, 0.4) is 0 Å². The molecule has 0 saturated carbocycles. The van der Waals surface area contributed by atoms with Gasteiger partial charge >= 0.3 is 0 Å². The smallest absolute Gasteiger partial charge is 0.0520 e. The van der Waals surface area contributed by atoms with E-state index in [-0.39, 0.29) is 5.41 Å². The van der Waals surface area contributed by atoms with Crippen molar-refractivity contribution >= 4 is 6.08 Å². The summed E-state index contributed by atoms with van der Waals surface area (Å²) in [5, 5.41) is 0. The zero-order chi connectivity index (χ0) is 11.9. The topological polar surface area (TPSA) is 12.9 Å². The summed E-state index contributed by atoms with van der Waals surface area (Å²) in [6, 6.07) is 4.39. The van der Waals surface area contributed by atoms with Gasteiger partial charge in [-0.3, -0.25) is 4.98 Å². The van der Waals surface area contributed by atoms with Gasteiger partial charge in [-0.2, -0.15) is 0 Å². The van der Waals surface area contributed by atoms with Crippen molar-refractivity contribution in [3.8, 4) is 0 Å². The fourth-order valence-corrected chi connectivity index (χ4v) is 2.02. The number of aromatic nitrogens is 1. The van der Waals surface area contributed by atoms with Crippen LogP contribution in [0, 0.1) is 5.92 Å². The van der Waals surface area contributed by atoms with Gasteiger partial charge in [0, 0.05) is 17.5 Å². The maximum Gasteiger partial charge on any atom is 0.0520 e. The van der Waals surface area contributed by atoms with Gasteiger partial charge in [0.1, 0.15) is 0 Å². The number of hydrogen-bond donors (Lipinski definition) is 0. The maximum atomic E-state index is 4.81. The normalized spacial score (nSPS) is 15.2. The van der Waals surface area contributed by atoms with Crippen molar-refractivity contribution in [1.82, 2.24) is 4.98 Å². The third-order valence-electron chi connectivity index (χ3n) is 3.23. The largest absolute Gasteiger partial charge is 0.256 e. The Labute approximate surface area is 98.6 Å². The Bertz CT molecular complexity index is 433. The van der Waals surface area contributed by atoms with Crippen LogP contribution in [0.1, 0.15) is 51.6 Å². The maximum absolute atomic E-state index is 4.81. The summed E-state index contributed by atoms with van der Waals surface area (Å²) in [5.74, 6) is 0.632. The molecule has 1 heterocycles. The van der Waals surface area contributed by atoms with E-state index in [1.807, 2.05) is 0 Å². The Morgan fingerprint density at radius 3 is 2.44 bits per heavy atom. The summed E-state index contributed by atoms with van der Waals surface area (Å²) < 4.78 is 0. The summed E-state index contributed by atoms with van der Waals surface area (Å²) in [7, 11) is 0. The Hall–Kier alpha value is -1.11. The first-order chi connectivity index (χ1) is 7.38. The van der Waals surface area contributed by atoms with E-state index >= 15 is 0 Å². The highest BCUT2D eigenvalue weighted by Crippen LogP contribution is 2.30. The van der Waals surface area contributed by atoms with E-state index in [1.54, 1.807) is 0 Å². The van der Waals surface area contributed by atoms with Gasteiger partial charge in [0.2, 0.25) is 0 Å². The Morgan fingerprint density at radius 1 is 1.19 bits per heavy atom. The predicted molar refractivity (Wildman–Crippen MR) is 69.5 cm³/mol. The van der Waals surface area contributed by atoms with Crippen molar-refractivity contribution in [3.63, 3.8) is 0 Å². The molecule has 0 aromatic carbocycles. The second-order valence-corrected chi connectivity index (χ2v) is 6.03. The highest BCUT2D eigenvalue weighted by molar-refractivity contribution is 5.62. The van der Waals surface area contributed by atoms with E-state index in [2.05, 4.69) is 52.8 Å². The van der Waals surface area contributed by atoms with Gasteiger partial charge < -0.3 is 0 Å². The van der Waals surface area contributed by atoms with Gasteiger partial charge in [-0.05, 0) is 17.5 Å². The van der Waals surface area contributed by atoms with Crippen molar-refractivity contribution in [1.29, 1.82) is 0 Å². The molecule has 86 valence electrons. The van der Waals surface area contributed by atoms with Gasteiger partial charge in [-0.15, -0.1) is 0 Å². The lowest BCUT2D eigenvalue weighted by molar-refractivity contribution is 0.566. The SMILES string of the molecule is CC(C)C1=Cc2ccc(C(C)(C)C)nc2C1. The zero-order valence-corrected chi connectivity index (χ0v) is 11.0. The molecule has 1 heteroatoms. The third-order valence-corrected chi connectivity index (χ3v) is 3.23. The lowest BCUT2D eigenvalue weighted by atomic mass is 9.91. The molecule has 0 fully saturated rings. The minimum atomic E-state index is 0.148. The molecule has 0 bridgehead atoms. The predicted octanol–water partition coefficient (Wildman–Crippen LogP) is 3.97. The van der Waals surface area contributed by atoms with Crippen molar-refractivity contribution < 1.29 is 0 Å². The van der Waals surface area contributed by atoms with Crippen LogP contribution in [0.4, 0.5) is 0 Å². The molecule has 0 N–H and O–H groups in total. The number of allylic oxidation sites excluding steroid dienone is 1. The first kappa shape index (κ1) is 11.4. The molecular formula is C15H21N. The summed E-state index contributed by atoms with van der Waals surface area (Å²) in [5.41, 5.74) is 5.43. The van der Waals surface area contributed by atoms with E-state index in [9.17, 15) is 0 Å². The summed E-state index contributed by atoms with van der Waals surface area (Å²) in [6.07, 6.45) is 3.34. The van der Waals surface area contributed by atoms with E-state index in [1.165, 1.54) is 22.5 Å². The van der Waals surface area contributed by atoms with Crippen molar-refractivity contribution in [2.24, 2.45) is 5.92 Å². The Kier molecular flexibility index (Phi) is 2.65. The van der Waals surface area contributed by atoms with Gasteiger partial charge in [-0.25, -0.2) is 0 Å². The molecule has 1 aromatic rings. The molecule has 0 atom stereocenters. The quantitative estimate of drug-likeness (QED) is 0.690. The van der Waals surface area contributed by atoms with Crippen LogP contribution in [-0.4, -0.2) is 4.98 Å². The molecule has 0 aliphatic heterocycles. The van der Waals surface area contributed by atoms with Crippen molar-refractivity contribution in [3.05, 3.63) is 34.7 Å². The monoisotopic (exact) mass is 215 g/mol. The minimum Gasteiger partial charge on any atom is -0.256 e. The number of nitrogens with zero attached hydrogens (tertiary/aromatic N) is 1. The lowest BCUT2D eigenvalue weighted by Crippen LogP contribution is -2.14. The van der Waals surface area contributed by atoms with Crippen LogP contribution in [-0.2, 0) is 11.8 Å². The fraction of sp³-hybridized carbons (Fsp3) is 0.533. The molecule has 1 aliphatic rings. The average molecular weight is 215 g/mol. The molecule has 2 rings (SSSR count). The van der Waals surface area contributed by atoms with Gasteiger partial charge in [0.15, 0.2) is 0 Å². The van der Waals surface area contributed by atoms with Gasteiger partial charge in [-0.1, -0.05) is 52.3 Å². The molecule has 16 heavy (non-hydrogen) atoms. The molecular weight excluding hydrogens is 194 g/mol. The van der Waals surface area contributed by atoms with Crippen LogP contribution in [0.5, 0.6) is 0 Å². The third kappa shape index (κ3) is 2.04. The Balaban J connectivity index is 2.34. The number of pyridine rings is 1. The number of rotatable bonds is 1. The van der Waals surface area contributed by atoms with Crippen LogP contribution in [0.2, 0.25) is 0 Å². The first-order valence-corrected chi connectivity index (χ1v) is 6.09. The fourth-order valence-electron chi connectivity index (χ4n) is 2.02. The molecule has 0 spiro atoms. The number of fused-ring (bicyclic) bond motifs is 1. The highest BCUT2D eigenvalue weighted by Gasteiger charge is 2.20. The molecule has 0 saturated heterocycles. The number of hydrogen-bond acceptors (Lipinski definition) is 1. The van der Waals surface area contributed by atoms with Crippen LogP contribution in [0.15, 0.2) is 17.7 Å². The zero-order valence-electron chi connectivity index (χ0n) is 11.0. The minimum absolute atomic E-state index is 0.148. The van der Waals surface area contributed by atoms with E-state index in [0.717, 1.165) is 6.42 Å². The summed E-state index contributed by atoms with van der Waals surface area (Å²) in [6.45, 7) is 11.2. The van der Waals surface area contributed by atoms with E-state index < -0.39 is 0 Å². The molecule has 0 amide bonds. The highest BCUT2D eigenvalue weighted by atomic mass is 14.7. The summed E-state index contributed by atoms with van der Waals surface area (Å²) in [4.78, 5) is 4.81. The lowest BCUT2D eigenvalue weighted by Gasteiger charge is -2.18. The second-order valence-electron chi connectivity index (χ2n) is 6.03. The summed E-state index contributed by atoms with van der Waals surface area (Å²) >= 11 is 0. The molecule has 0 radical (unpaired) electrons. The first-order valence-electron chi connectivity index (χ1n) is 6.09.